The van der Waals surface area contributed by atoms with Gasteiger partial charge in [-0.05, 0) is 51.4 Å². The van der Waals surface area contributed by atoms with E-state index in [9.17, 15) is 19.8 Å². The van der Waals surface area contributed by atoms with Crippen LogP contribution in [0, 0.1) is 0 Å². The first-order chi connectivity index (χ1) is 28.0. The van der Waals surface area contributed by atoms with Gasteiger partial charge in [0.2, 0.25) is 5.91 Å². The number of hydrogen-bond acceptors (Lipinski definition) is 5. The molecule has 0 rings (SSSR count). The second-order valence-electron chi connectivity index (χ2n) is 17.5. The number of unbranched alkanes of at least 4 members (excludes halogenated alkanes) is 34. The highest BCUT2D eigenvalue weighted by Crippen LogP contribution is 2.16. The molecule has 6 heteroatoms. The minimum atomic E-state index is -0.681. The SMILES string of the molecule is CCCCCCCCCCCCCCCCCCCC(O)C(CO)NC(=O)CCCCCCC/C=C\CCCCOC(=O)CCCCCCCCCCCCCC. The predicted octanol–water partition coefficient (Wildman–Crippen LogP) is 15.0. The van der Waals surface area contributed by atoms with Crippen LogP contribution in [0.15, 0.2) is 12.2 Å². The summed E-state index contributed by atoms with van der Waals surface area (Å²) in [6.45, 7) is 4.88. The molecule has 0 bridgehead atoms. The molecule has 3 N–H and O–H groups in total. The standard InChI is InChI=1S/C51H99NO5/c1-3-5-7-9-11-13-15-17-18-19-20-21-23-27-31-35-39-43-49(54)48(47-53)52-50(55)44-40-36-32-28-24-22-26-30-34-38-42-46-57-51(56)45-41-37-33-29-25-16-14-12-10-8-6-4-2/h26,30,48-49,53-54H,3-25,27-29,31-47H2,1-2H3,(H,52,55)/b30-26-. The number of amides is 1. The van der Waals surface area contributed by atoms with Gasteiger partial charge in [0, 0.05) is 12.8 Å². The normalized spacial score (nSPS) is 12.7. The van der Waals surface area contributed by atoms with Gasteiger partial charge in [-0.1, -0.05) is 225 Å². The van der Waals surface area contributed by atoms with Gasteiger partial charge in [-0.2, -0.15) is 0 Å². The van der Waals surface area contributed by atoms with Gasteiger partial charge in [0.05, 0.1) is 25.4 Å². The molecular weight excluding hydrogens is 707 g/mol. The average molecular weight is 806 g/mol. The highest BCUT2D eigenvalue weighted by molar-refractivity contribution is 5.76. The van der Waals surface area contributed by atoms with Gasteiger partial charge in [0.15, 0.2) is 0 Å². The zero-order valence-corrected chi connectivity index (χ0v) is 38.3. The van der Waals surface area contributed by atoms with E-state index < -0.39 is 12.1 Å². The molecule has 0 saturated heterocycles. The molecule has 0 radical (unpaired) electrons. The number of rotatable bonds is 47. The first-order valence-electron chi connectivity index (χ1n) is 25.4. The van der Waals surface area contributed by atoms with Gasteiger partial charge in [-0.25, -0.2) is 0 Å². The summed E-state index contributed by atoms with van der Waals surface area (Å²) in [5.41, 5.74) is 0. The third kappa shape index (κ3) is 44.0. The Morgan fingerprint density at radius 1 is 0.474 bits per heavy atom. The predicted molar refractivity (Wildman–Crippen MR) is 246 cm³/mol. The zero-order valence-electron chi connectivity index (χ0n) is 38.3. The van der Waals surface area contributed by atoms with E-state index in [1.54, 1.807) is 0 Å². The van der Waals surface area contributed by atoms with E-state index in [-0.39, 0.29) is 18.5 Å². The molecule has 0 aromatic heterocycles. The number of aliphatic hydroxyl groups is 2. The molecule has 0 aliphatic carbocycles. The maximum absolute atomic E-state index is 12.4. The largest absolute Gasteiger partial charge is 0.466 e. The lowest BCUT2D eigenvalue weighted by Gasteiger charge is -2.22. The summed E-state index contributed by atoms with van der Waals surface area (Å²) in [6, 6.07) is -0.561. The number of hydrogen-bond donors (Lipinski definition) is 3. The zero-order chi connectivity index (χ0) is 41.5. The first-order valence-corrected chi connectivity index (χ1v) is 25.4. The lowest BCUT2D eigenvalue weighted by Crippen LogP contribution is -2.45. The molecule has 338 valence electrons. The number of carbonyl (C=O) groups excluding carboxylic acids is 2. The van der Waals surface area contributed by atoms with Crippen molar-refractivity contribution in [1.82, 2.24) is 5.32 Å². The molecule has 0 heterocycles. The molecule has 2 unspecified atom stereocenters. The van der Waals surface area contributed by atoms with Crippen LogP contribution in [-0.2, 0) is 14.3 Å². The lowest BCUT2D eigenvalue weighted by molar-refractivity contribution is -0.143. The van der Waals surface area contributed by atoms with Crippen LogP contribution in [0.1, 0.15) is 277 Å². The summed E-state index contributed by atoms with van der Waals surface area (Å²) in [4.78, 5) is 24.4. The molecule has 2 atom stereocenters. The highest BCUT2D eigenvalue weighted by Gasteiger charge is 2.20. The number of esters is 1. The van der Waals surface area contributed by atoms with E-state index in [2.05, 4.69) is 31.3 Å². The van der Waals surface area contributed by atoms with Gasteiger partial charge >= 0.3 is 5.97 Å². The number of carbonyl (C=O) groups is 2. The monoisotopic (exact) mass is 806 g/mol. The Labute approximate surface area is 355 Å². The van der Waals surface area contributed by atoms with Crippen LogP contribution >= 0.6 is 0 Å². The third-order valence-electron chi connectivity index (χ3n) is 11.8. The molecule has 1 amide bonds. The van der Waals surface area contributed by atoms with E-state index in [1.807, 2.05) is 0 Å². The third-order valence-corrected chi connectivity index (χ3v) is 11.8. The molecule has 6 nitrogen and oxygen atoms in total. The van der Waals surface area contributed by atoms with Crippen molar-refractivity contribution in [3.63, 3.8) is 0 Å². The van der Waals surface area contributed by atoms with E-state index in [4.69, 9.17) is 4.74 Å². The number of ether oxygens (including phenoxy) is 1. The van der Waals surface area contributed by atoms with Crippen LogP contribution in [0.2, 0.25) is 0 Å². The van der Waals surface area contributed by atoms with Crippen molar-refractivity contribution in [3.05, 3.63) is 12.2 Å². The summed E-state index contributed by atoms with van der Waals surface area (Å²) >= 11 is 0. The Bertz CT molecular complexity index is 847. The van der Waals surface area contributed by atoms with E-state index in [1.165, 1.54) is 167 Å². The summed E-state index contributed by atoms with van der Waals surface area (Å²) in [6.07, 6.45) is 53.2. The van der Waals surface area contributed by atoms with Crippen LogP contribution in [-0.4, -0.2) is 47.4 Å². The Morgan fingerprint density at radius 2 is 0.825 bits per heavy atom. The number of nitrogens with one attached hydrogen (secondary N) is 1. The topological polar surface area (TPSA) is 95.9 Å². The van der Waals surface area contributed by atoms with E-state index >= 15 is 0 Å². The molecule has 0 spiro atoms. The fraction of sp³-hybridized carbons (Fsp3) is 0.922. The Morgan fingerprint density at radius 3 is 1.25 bits per heavy atom. The Kier molecular flexibility index (Phi) is 46.1. The van der Waals surface area contributed by atoms with Crippen molar-refractivity contribution in [1.29, 1.82) is 0 Å². The van der Waals surface area contributed by atoms with Crippen molar-refractivity contribution in [3.8, 4) is 0 Å². The minimum Gasteiger partial charge on any atom is -0.466 e. The highest BCUT2D eigenvalue weighted by atomic mass is 16.5. The average Bonchev–Trinajstić information content (AvgIpc) is 3.21. The summed E-state index contributed by atoms with van der Waals surface area (Å²) in [5.74, 6) is -0.0924. The smallest absolute Gasteiger partial charge is 0.305 e. The molecular formula is C51H99NO5. The maximum Gasteiger partial charge on any atom is 0.305 e. The van der Waals surface area contributed by atoms with Gasteiger partial charge in [0.25, 0.3) is 0 Å². The van der Waals surface area contributed by atoms with Crippen molar-refractivity contribution in [2.45, 2.75) is 289 Å². The lowest BCUT2D eigenvalue weighted by atomic mass is 10.0. The van der Waals surface area contributed by atoms with Gasteiger partial charge < -0.3 is 20.3 Å². The molecule has 57 heavy (non-hydrogen) atoms. The molecule has 0 aromatic carbocycles. The van der Waals surface area contributed by atoms with Crippen LogP contribution in [0.25, 0.3) is 0 Å². The van der Waals surface area contributed by atoms with Gasteiger partial charge in [-0.3, -0.25) is 9.59 Å². The minimum absolute atomic E-state index is 0.0301. The van der Waals surface area contributed by atoms with Gasteiger partial charge in [-0.15, -0.1) is 0 Å². The van der Waals surface area contributed by atoms with Crippen molar-refractivity contribution < 1.29 is 24.5 Å². The maximum atomic E-state index is 12.4. The van der Waals surface area contributed by atoms with E-state index in [0.29, 0.717) is 25.9 Å². The molecule has 0 aliphatic rings. The molecule has 0 aromatic rings. The Hall–Kier alpha value is -1.40. The number of aliphatic hydroxyl groups excluding tert-OH is 2. The number of allylic oxidation sites excluding steroid dienone is 2. The summed E-state index contributed by atoms with van der Waals surface area (Å²) < 4.78 is 5.42. The van der Waals surface area contributed by atoms with Crippen LogP contribution < -0.4 is 5.32 Å². The fourth-order valence-corrected chi connectivity index (χ4v) is 7.87. The fourth-order valence-electron chi connectivity index (χ4n) is 7.87. The van der Waals surface area contributed by atoms with Crippen LogP contribution in [0.5, 0.6) is 0 Å². The quantitative estimate of drug-likeness (QED) is 0.0323. The van der Waals surface area contributed by atoms with Crippen molar-refractivity contribution in [2.75, 3.05) is 13.2 Å². The Balaban J connectivity index is 3.52. The second-order valence-corrected chi connectivity index (χ2v) is 17.5. The molecule has 0 saturated carbocycles. The van der Waals surface area contributed by atoms with E-state index in [0.717, 1.165) is 77.0 Å². The summed E-state index contributed by atoms with van der Waals surface area (Å²) in [5, 5.41) is 23.2. The first kappa shape index (κ1) is 55.6. The van der Waals surface area contributed by atoms with Gasteiger partial charge in [0.1, 0.15) is 0 Å². The second kappa shape index (κ2) is 47.3. The summed E-state index contributed by atoms with van der Waals surface area (Å²) in [7, 11) is 0. The van der Waals surface area contributed by atoms with Crippen LogP contribution in [0.3, 0.4) is 0 Å². The van der Waals surface area contributed by atoms with Crippen molar-refractivity contribution >= 4 is 11.9 Å². The van der Waals surface area contributed by atoms with Crippen LogP contribution in [0.4, 0.5) is 0 Å². The molecule has 0 fully saturated rings. The van der Waals surface area contributed by atoms with Crippen molar-refractivity contribution in [2.24, 2.45) is 0 Å². The molecule has 0 aliphatic heterocycles.